The second-order valence-corrected chi connectivity index (χ2v) is 2.80. The number of ketones is 1. The van der Waals surface area contributed by atoms with Crippen LogP contribution in [0.15, 0.2) is 12.0 Å². The van der Waals surface area contributed by atoms with Crippen LogP contribution in [0.1, 0.15) is 32.6 Å². The Hall–Kier alpha value is -0.990. The Labute approximate surface area is 79.7 Å². The Bertz CT molecular complexity index is 167. The molecular weight excluding hydrogens is 168 g/mol. The van der Waals surface area contributed by atoms with Crippen molar-refractivity contribution < 1.29 is 14.3 Å². The number of rotatable bonds is 7. The molecule has 3 heteroatoms. The van der Waals surface area contributed by atoms with Gasteiger partial charge in [0.2, 0.25) is 0 Å². The van der Waals surface area contributed by atoms with Gasteiger partial charge >= 0.3 is 0 Å². The fraction of sp³-hybridized carbons (Fsp3) is 0.700. The number of carbonyl (C=O) groups is 1. The van der Waals surface area contributed by atoms with Crippen LogP contribution in [-0.2, 0) is 14.3 Å². The van der Waals surface area contributed by atoms with Gasteiger partial charge in [-0.2, -0.15) is 0 Å². The third-order valence-corrected chi connectivity index (χ3v) is 1.71. The lowest BCUT2D eigenvalue weighted by Gasteiger charge is -2.02. The molecule has 13 heavy (non-hydrogen) atoms. The quantitative estimate of drug-likeness (QED) is 0.347. The highest BCUT2D eigenvalue weighted by molar-refractivity contribution is 5.89. The average Bonchev–Trinajstić information content (AvgIpc) is 2.14. The first-order valence-corrected chi connectivity index (χ1v) is 4.57. The molecule has 0 atom stereocenters. The molecule has 0 aromatic heterocycles. The Morgan fingerprint density at radius 3 is 2.31 bits per heavy atom. The van der Waals surface area contributed by atoms with Crippen LogP contribution in [-0.4, -0.2) is 20.0 Å². The topological polar surface area (TPSA) is 35.5 Å². The largest absolute Gasteiger partial charge is 0.469 e. The predicted molar refractivity (Wildman–Crippen MR) is 51.3 cm³/mol. The van der Waals surface area contributed by atoms with E-state index < -0.39 is 0 Å². The molecular formula is C10H18O3. The van der Waals surface area contributed by atoms with Crippen molar-refractivity contribution in [2.24, 2.45) is 0 Å². The summed E-state index contributed by atoms with van der Waals surface area (Å²) in [5.74, 6) is 0.341. The number of methoxy groups -OCH3 is 2. The van der Waals surface area contributed by atoms with E-state index in [0.717, 1.165) is 19.3 Å². The molecule has 0 radical (unpaired) electrons. The van der Waals surface area contributed by atoms with Crippen LogP contribution in [0.3, 0.4) is 0 Å². The fourth-order valence-electron chi connectivity index (χ4n) is 0.954. The SMILES string of the molecule is CCCCCC(=O)C=C(OC)OC. The zero-order chi connectivity index (χ0) is 10.1. The van der Waals surface area contributed by atoms with Crippen molar-refractivity contribution in [2.45, 2.75) is 32.6 Å². The number of hydrogen-bond donors (Lipinski definition) is 0. The van der Waals surface area contributed by atoms with Gasteiger partial charge in [0.1, 0.15) is 0 Å². The Morgan fingerprint density at radius 2 is 1.85 bits per heavy atom. The van der Waals surface area contributed by atoms with E-state index in [0.29, 0.717) is 6.42 Å². The number of ether oxygens (including phenoxy) is 2. The lowest BCUT2D eigenvalue weighted by Crippen LogP contribution is -1.98. The van der Waals surface area contributed by atoms with Gasteiger partial charge in [-0.3, -0.25) is 4.79 Å². The zero-order valence-corrected chi connectivity index (χ0v) is 8.63. The molecule has 0 amide bonds. The molecule has 0 bridgehead atoms. The summed E-state index contributed by atoms with van der Waals surface area (Å²) in [6.45, 7) is 2.11. The van der Waals surface area contributed by atoms with Gasteiger partial charge in [-0.05, 0) is 6.42 Å². The summed E-state index contributed by atoms with van der Waals surface area (Å²) in [6, 6.07) is 0. The Balaban J connectivity index is 3.76. The second kappa shape index (κ2) is 7.65. The van der Waals surface area contributed by atoms with Gasteiger partial charge in [0, 0.05) is 6.42 Å². The summed E-state index contributed by atoms with van der Waals surface area (Å²) in [5, 5.41) is 0. The summed E-state index contributed by atoms with van der Waals surface area (Å²) in [7, 11) is 2.96. The zero-order valence-electron chi connectivity index (χ0n) is 8.63. The van der Waals surface area contributed by atoms with Crippen LogP contribution in [0, 0.1) is 0 Å². The minimum Gasteiger partial charge on any atom is -0.469 e. The third-order valence-electron chi connectivity index (χ3n) is 1.71. The molecule has 76 valence electrons. The molecule has 0 rings (SSSR count). The first kappa shape index (κ1) is 12.0. The van der Waals surface area contributed by atoms with Crippen molar-refractivity contribution in [1.29, 1.82) is 0 Å². The molecule has 0 unspecified atom stereocenters. The van der Waals surface area contributed by atoms with E-state index in [9.17, 15) is 4.79 Å². The fourth-order valence-corrected chi connectivity index (χ4v) is 0.954. The second-order valence-electron chi connectivity index (χ2n) is 2.80. The maximum Gasteiger partial charge on any atom is 0.282 e. The summed E-state index contributed by atoms with van der Waals surface area (Å²) < 4.78 is 9.59. The molecule has 0 saturated carbocycles. The van der Waals surface area contributed by atoms with E-state index in [2.05, 4.69) is 6.92 Å². The summed E-state index contributed by atoms with van der Waals surface area (Å²) in [6.07, 6.45) is 5.12. The van der Waals surface area contributed by atoms with Crippen LogP contribution >= 0.6 is 0 Å². The highest BCUT2D eigenvalue weighted by Crippen LogP contribution is 2.03. The maximum absolute atomic E-state index is 11.2. The van der Waals surface area contributed by atoms with Gasteiger partial charge in [0.25, 0.3) is 5.95 Å². The van der Waals surface area contributed by atoms with E-state index in [4.69, 9.17) is 9.47 Å². The molecule has 0 fully saturated rings. The van der Waals surface area contributed by atoms with Crippen molar-refractivity contribution in [3.05, 3.63) is 12.0 Å². The van der Waals surface area contributed by atoms with Gasteiger partial charge in [-0.15, -0.1) is 0 Å². The standard InChI is InChI=1S/C10H18O3/c1-4-5-6-7-9(11)8-10(12-2)13-3/h8H,4-7H2,1-3H3. The van der Waals surface area contributed by atoms with Crippen LogP contribution < -0.4 is 0 Å². The molecule has 0 heterocycles. The Morgan fingerprint density at radius 1 is 1.23 bits per heavy atom. The molecule has 3 nitrogen and oxygen atoms in total. The summed E-state index contributed by atoms with van der Waals surface area (Å²) in [4.78, 5) is 11.2. The van der Waals surface area contributed by atoms with Crippen LogP contribution in [0.25, 0.3) is 0 Å². The van der Waals surface area contributed by atoms with Gasteiger partial charge in [0.05, 0.1) is 20.3 Å². The molecule has 0 aromatic rings. The first-order valence-electron chi connectivity index (χ1n) is 4.57. The monoisotopic (exact) mass is 186 g/mol. The van der Waals surface area contributed by atoms with Crippen molar-refractivity contribution in [2.75, 3.05) is 14.2 Å². The number of carbonyl (C=O) groups excluding carboxylic acids is 1. The smallest absolute Gasteiger partial charge is 0.282 e. The highest BCUT2D eigenvalue weighted by Gasteiger charge is 2.01. The van der Waals surface area contributed by atoms with Crippen LogP contribution in [0.2, 0.25) is 0 Å². The molecule has 0 saturated heterocycles. The normalized spacial score (nSPS) is 9.15. The van der Waals surface area contributed by atoms with Crippen molar-refractivity contribution in [3.63, 3.8) is 0 Å². The molecule has 0 spiro atoms. The van der Waals surface area contributed by atoms with E-state index in [1.165, 1.54) is 20.3 Å². The van der Waals surface area contributed by atoms with Crippen molar-refractivity contribution in [1.82, 2.24) is 0 Å². The van der Waals surface area contributed by atoms with Crippen LogP contribution in [0.5, 0.6) is 0 Å². The lowest BCUT2D eigenvalue weighted by molar-refractivity contribution is -0.115. The first-order chi connectivity index (χ1) is 6.24. The minimum absolute atomic E-state index is 0.0622. The number of allylic oxidation sites excluding steroid dienone is 1. The van der Waals surface area contributed by atoms with E-state index in [-0.39, 0.29) is 11.7 Å². The van der Waals surface area contributed by atoms with Gasteiger partial charge in [0.15, 0.2) is 5.78 Å². The molecule has 0 N–H and O–H groups in total. The molecule has 0 aliphatic rings. The maximum atomic E-state index is 11.2. The Kier molecular flexibility index (Phi) is 7.07. The third kappa shape index (κ3) is 6.20. The number of hydrogen-bond acceptors (Lipinski definition) is 3. The van der Waals surface area contributed by atoms with Crippen molar-refractivity contribution >= 4 is 5.78 Å². The van der Waals surface area contributed by atoms with Crippen LogP contribution in [0.4, 0.5) is 0 Å². The summed E-state index contributed by atoms with van der Waals surface area (Å²) >= 11 is 0. The number of unbranched alkanes of at least 4 members (excludes halogenated alkanes) is 2. The van der Waals surface area contributed by atoms with Gasteiger partial charge in [-0.1, -0.05) is 19.8 Å². The molecule has 0 aliphatic heterocycles. The van der Waals surface area contributed by atoms with Gasteiger partial charge in [-0.25, -0.2) is 0 Å². The minimum atomic E-state index is 0.0622. The van der Waals surface area contributed by atoms with Crippen molar-refractivity contribution in [3.8, 4) is 0 Å². The van der Waals surface area contributed by atoms with E-state index in [1.807, 2.05) is 0 Å². The molecule has 0 aromatic carbocycles. The predicted octanol–water partition coefficient (Wildman–Crippen LogP) is 2.27. The molecule has 0 aliphatic carbocycles. The van der Waals surface area contributed by atoms with Gasteiger partial charge < -0.3 is 9.47 Å². The van der Waals surface area contributed by atoms with E-state index >= 15 is 0 Å². The highest BCUT2D eigenvalue weighted by atomic mass is 16.7. The lowest BCUT2D eigenvalue weighted by atomic mass is 10.1. The average molecular weight is 186 g/mol. The van der Waals surface area contributed by atoms with E-state index in [1.54, 1.807) is 0 Å². The summed E-state index contributed by atoms with van der Waals surface area (Å²) in [5.41, 5.74) is 0.